The van der Waals surface area contributed by atoms with Gasteiger partial charge in [-0.05, 0) is 36.4 Å². The number of carbonyl (C=O) groups excluding carboxylic acids is 3. The molecule has 0 aliphatic carbocycles. The summed E-state index contributed by atoms with van der Waals surface area (Å²) in [6, 6.07) is 17.4. The fourth-order valence-corrected chi connectivity index (χ4v) is 4.47. The molecule has 9 heteroatoms. The second kappa shape index (κ2) is 9.72. The van der Waals surface area contributed by atoms with E-state index in [0.29, 0.717) is 6.54 Å². The molecule has 176 valence electrons. The van der Waals surface area contributed by atoms with Gasteiger partial charge in [0.15, 0.2) is 5.69 Å². The zero-order valence-electron chi connectivity index (χ0n) is 19.3. The molecular weight excluding hydrogens is 452 g/mol. The molecule has 1 atom stereocenters. The largest absolute Gasteiger partial charge is 0.464 e. The summed E-state index contributed by atoms with van der Waals surface area (Å²) in [4.78, 5) is 46.2. The standard InChI is InChI=1S/C25H26N4O4S/c1-25(24(32)26-13-17-7-5-4-6-8-17)15-28-16-27-20(23(31)33-2)21(28)22(30)29(25)14-18-9-11-19(34-3)12-10-18/h4-12,16H,13-15H2,1-3H3,(H,26,32)/t25-/m0/s1. The van der Waals surface area contributed by atoms with Crippen molar-refractivity contribution in [3.63, 3.8) is 0 Å². The summed E-state index contributed by atoms with van der Waals surface area (Å²) >= 11 is 1.63. The lowest BCUT2D eigenvalue weighted by Crippen LogP contribution is -2.63. The van der Waals surface area contributed by atoms with Crippen LogP contribution in [0.4, 0.5) is 0 Å². The van der Waals surface area contributed by atoms with Crippen molar-refractivity contribution in [2.75, 3.05) is 13.4 Å². The zero-order valence-corrected chi connectivity index (χ0v) is 20.1. The van der Waals surface area contributed by atoms with Crippen molar-refractivity contribution in [3.8, 4) is 0 Å². The summed E-state index contributed by atoms with van der Waals surface area (Å²) in [6.45, 7) is 2.43. The molecule has 0 saturated heterocycles. The normalized spacial score (nSPS) is 17.3. The molecule has 3 aromatic rings. The Bertz CT molecular complexity index is 1210. The van der Waals surface area contributed by atoms with Gasteiger partial charge in [-0.1, -0.05) is 42.5 Å². The molecular formula is C25H26N4O4S. The number of hydrogen-bond donors (Lipinski definition) is 1. The molecule has 1 N–H and O–H groups in total. The molecule has 34 heavy (non-hydrogen) atoms. The molecule has 0 spiro atoms. The average Bonchev–Trinajstić information content (AvgIpc) is 3.29. The fraction of sp³-hybridized carbons (Fsp3) is 0.280. The van der Waals surface area contributed by atoms with Crippen LogP contribution in [0.1, 0.15) is 39.0 Å². The molecule has 2 amide bonds. The molecule has 2 heterocycles. The van der Waals surface area contributed by atoms with Gasteiger partial charge in [0.2, 0.25) is 5.91 Å². The first-order valence-electron chi connectivity index (χ1n) is 10.8. The molecule has 2 aromatic carbocycles. The summed E-state index contributed by atoms with van der Waals surface area (Å²) < 4.78 is 6.37. The van der Waals surface area contributed by atoms with Crippen LogP contribution in [0.25, 0.3) is 0 Å². The Morgan fingerprint density at radius 2 is 1.82 bits per heavy atom. The van der Waals surface area contributed by atoms with Crippen LogP contribution in [0.5, 0.6) is 0 Å². The minimum absolute atomic E-state index is 0.0537. The second-order valence-electron chi connectivity index (χ2n) is 8.24. The molecule has 4 rings (SSSR count). The van der Waals surface area contributed by atoms with Gasteiger partial charge in [-0.3, -0.25) is 9.59 Å². The number of nitrogens with one attached hydrogen (secondary N) is 1. The first-order valence-corrected chi connectivity index (χ1v) is 12.0. The second-order valence-corrected chi connectivity index (χ2v) is 9.12. The zero-order chi connectivity index (χ0) is 24.3. The third-order valence-corrected chi connectivity index (χ3v) is 6.77. The minimum Gasteiger partial charge on any atom is -0.464 e. The molecule has 0 unspecified atom stereocenters. The van der Waals surface area contributed by atoms with E-state index in [1.807, 2.05) is 60.9 Å². The highest BCUT2D eigenvalue weighted by molar-refractivity contribution is 7.98. The van der Waals surface area contributed by atoms with Crippen LogP contribution in [-0.4, -0.2) is 51.1 Å². The van der Waals surface area contributed by atoms with Crippen LogP contribution in [0.15, 0.2) is 65.8 Å². The van der Waals surface area contributed by atoms with Gasteiger partial charge in [0.1, 0.15) is 11.2 Å². The first-order chi connectivity index (χ1) is 16.4. The summed E-state index contributed by atoms with van der Waals surface area (Å²) in [5.41, 5.74) is 0.700. The number of imidazole rings is 1. The van der Waals surface area contributed by atoms with Crippen LogP contribution in [0, 0.1) is 0 Å². The highest BCUT2D eigenvalue weighted by atomic mass is 32.2. The fourth-order valence-electron chi connectivity index (χ4n) is 4.06. The minimum atomic E-state index is -1.20. The maximum atomic E-state index is 13.7. The van der Waals surface area contributed by atoms with E-state index >= 15 is 0 Å². The SMILES string of the molecule is COC(=O)c1ncn2c1C(=O)N(Cc1ccc(SC)cc1)[C@](C)(C(=O)NCc1ccccc1)C2. The van der Waals surface area contributed by atoms with Crippen molar-refractivity contribution in [1.29, 1.82) is 0 Å². The number of carbonyl (C=O) groups is 3. The number of methoxy groups -OCH3 is 1. The number of fused-ring (bicyclic) bond motifs is 1. The Balaban J connectivity index is 1.69. The van der Waals surface area contributed by atoms with Crippen molar-refractivity contribution < 1.29 is 19.1 Å². The maximum Gasteiger partial charge on any atom is 0.359 e. The van der Waals surface area contributed by atoms with Gasteiger partial charge in [0.25, 0.3) is 5.91 Å². The predicted molar refractivity (Wildman–Crippen MR) is 128 cm³/mol. The van der Waals surface area contributed by atoms with E-state index in [1.54, 1.807) is 23.3 Å². The number of amides is 2. The Kier molecular flexibility index (Phi) is 6.74. The average molecular weight is 479 g/mol. The van der Waals surface area contributed by atoms with Gasteiger partial charge in [-0.25, -0.2) is 9.78 Å². The van der Waals surface area contributed by atoms with Crippen molar-refractivity contribution >= 4 is 29.5 Å². The number of ether oxygens (including phenoxy) is 1. The lowest BCUT2D eigenvalue weighted by molar-refractivity contribution is -0.133. The lowest BCUT2D eigenvalue weighted by atomic mass is 9.93. The molecule has 0 bridgehead atoms. The topological polar surface area (TPSA) is 93.5 Å². The summed E-state index contributed by atoms with van der Waals surface area (Å²) in [5.74, 6) is -1.43. The van der Waals surface area contributed by atoms with Crippen LogP contribution >= 0.6 is 11.8 Å². The van der Waals surface area contributed by atoms with Crippen molar-refractivity contribution in [3.05, 3.63) is 83.4 Å². The van der Waals surface area contributed by atoms with Gasteiger partial charge < -0.3 is 19.5 Å². The van der Waals surface area contributed by atoms with Gasteiger partial charge in [-0.15, -0.1) is 11.8 Å². The number of aromatic nitrogens is 2. The highest BCUT2D eigenvalue weighted by Gasteiger charge is 2.48. The Labute approximate surface area is 202 Å². The van der Waals surface area contributed by atoms with E-state index in [-0.39, 0.29) is 30.4 Å². The predicted octanol–water partition coefficient (Wildman–Crippen LogP) is 3.12. The number of esters is 1. The van der Waals surface area contributed by atoms with Gasteiger partial charge in [0, 0.05) is 18.0 Å². The first kappa shape index (κ1) is 23.6. The van der Waals surface area contributed by atoms with Gasteiger partial charge in [-0.2, -0.15) is 0 Å². The summed E-state index contributed by atoms with van der Waals surface area (Å²) in [5, 5.41) is 2.97. The van der Waals surface area contributed by atoms with E-state index in [9.17, 15) is 14.4 Å². The van der Waals surface area contributed by atoms with Gasteiger partial charge >= 0.3 is 5.97 Å². The van der Waals surface area contributed by atoms with E-state index in [2.05, 4.69) is 10.3 Å². The molecule has 1 aromatic heterocycles. The molecule has 0 fully saturated rings. The molecule has 0 radical (unpaired) electrons. The van der Waals surface area contributed by atoms with E-state index in [1.165, 1.54) is 18.3 Å². The summed E-state index contributed by atoms with van der Waals surface area (Å²) in [7, 11) is 1.24. The monoisotopic (exact) mass is 478 g/mol. The van der Waals surface area contributed by atoms with E-state index < -0.39 is 17.4 Å². The van der Waals surface area contributed by atoms with Crippen LogP contribution in [0.3, 0.4) is 0 Å². The van der Waals surface area contributed by atoms with Crippen LogP contribution in [0.2, 0.25) is 0 Å². The molecule has 8 nitrogen and oxygen atoms in total. The summed E-state index contributed by atoms with van der Waals surface area (Å²) in [6.07, 6.45) is 3.40. The van der Waals surface area contributed by atoms with Crippen LogP contribution < -0.4 is 5.32 Å². The lowest BCUT2D eigenvalue weighted by Gasteiger charge is -2.43. The Hall–Kier alpha value is -3.59. The van der Waals surface area contributed by atoms with Crippen LogP contribution in [-0.2, 0) is 29.2 Å². The smallest absolute Gasteiger partial charge is 0.359 e. The molecule has 1 aliphatic rings. The van der Waals surface area contributed by atoms with Crippen molar-refractivity contribution in [2.24, 2.45) is 0 Å². The van der Waals surface area contributed by atoms with E-state index in [4.69, 9.17) is 4.74 Å². The highest BCUT2D eigenvalue weighted by Crippen LogP contribution is 2.31. The number of nitrogens with zero attached hydrogens (tertiary/aromatic N) is 3. The third-order valence-electron chi connectivity index (χ3n) is 6.02. The van der Waals surface area contributed by atoms with Crippen molar-refractivity contribution in [1.82, 2.24) is 19.8 Å². The Morgan fingerprint density at radius 3 is 2.47 bits per heavy atom. The molecule has 1 aliphatic heterocycles. The quantitative estimate of drug-likeness (QED) is 0.414. The number of hydrogen-bond acceptors (Lipinski definition) is 6. The number of benzene rings is 2. The Morgan fingerprint density at radius 1 is 1.12 bits per heavy atom. The van der Waals surface area contributed by atoms with Crippen molar-refractivity contribution in [2.45, 2.75) is 37.0 Å². The van der Waals surface area contributed by atoms with E-state index in [0.717, 1.165) is 16.0 Å². The number of thioether (sulfide) groups is 1. The maximum absolute atomic E-state index is 13.7. The number of rotatable bonds is 7. The van der Waals surface area contributed by atoms with Gasteiger partial charge in [0.05, 0.1) is 20.0 Å². The third kappa shape index (κ3) is 4.43. The molecule has 0 saturated carbocycles.